The van der Waals surface area contributed by atoms with Crippen LogP contribution in [0.25, 0.3) is 0 Å². The largest absolute Gasteiger partial charge is 0.306 e. The van der Waals surface area contributed by atoms with Gasteiger partial charge in [-0.05, 0) is 19.4 Å². The molecular weight excluding hydrogens is 170 g/mol. The van der Waals surface area contributed by atoms with Gasteiger partial charge in [0, 0.05) is 6.92 Å². The van der Waals surface area contributed by atoms with Crippen LogP contribution in [0.1, 0.15) is 26.2 Å². The zero-order valence-electron chi connectivity index (χ0n) is 7.72. The molecule has 1 fully saturated rings. The number of hydrazine groups is 1. The number of carbonyl (C=O) groups is 2. The predicted octanol–water partition coefficient (Wildman–Crippen LogP) is -0.704. The Morgan fingerprint density at radius 2 is 2.08 bits per heavy atom. The van der Waals surface area contributed by atoms with Gasteiger partial charge in [-0.2, -0.15) is 0 Å². The van der Waals surface area contributed by atoms with E-state index in [-0.39, 0.29) is 17.9 Å². The zero-order chi connectivity index (χ0) is 9.68. The molecule has 0 aromatic carbocycles. The molecule has 1 heterocycles. The molecular formula is C8H15N3O2. The molecule has 0 radical (unpaired) electrons. The molecule has 0 aromatic rings. The maximum atomic E-state index is 11.3. The Hall–Kier alpha value is -1.10. The summed E-state index contributed by atoms with van der Waals surface area (Å²) >= 11 is 0. The minimum atomic E-state index is -0.260. The smallest absolute Gasteiger partial charge is 0.255 e. The molecule has 0 bridgehead atoms. The summed E-state index contributed by atoms with van der Waals surface area (Å²) in [5.74, 6) is -0.418. The first kappa shape index (κ1) is 9.98. The predicted molar refractivity (Wildman–Crippen MR) is 47.6 cm³/mol. The van der Waals surface area contributed by atoms with E-state index in [1.54, 1.807) is 0 Å². The summed E-state index contributed by atoms with van der Waals surface area (Å²) < 4.78 is 0. The van der Waals surface area contributed by atoms with E-state index in [0.717, 1.165) is 25.8 Å². The van der Waals surface area contributed by atoms with Gasteiger partial charge in [0.2, 0.25) is 5.91 Å². The molecule has 5 heteroatoms. The van der Waals surface area contributed by atoms with Gasteiger partial charge in [0.05, 0.1) is 6.04 Å². The zero-order valence-corrected chi connectivity index (χ0v) is 7.72. The number of hydrogen-bond donors (Lipinski definition) is 3. The highest BCUT2D eigenvalue weighted by Gasteiger charge is 2.19. The summed E-state index contributed by atoms with van der Waals surface area (Å²) in [5, 5.41) is 3.08. The Morgan fingerprint density at radius 1 is 1.31 bits per heavy atom. The van der Waals surface area contributed by atoms with E-state index in [2.05, 4.69) is 16.2 Å². The monoisotopic (exact) mass is 185 g/mol. The Bertz CT molecular complexity index is 200. The normalized spacial score (nSPS) is 22.1. The third kappa shape index (κ3) is 3.42. The fourth-order valence-electron chi connectivity index (χ4n) is 1.31. The molecule has 74 valence electrons. The van der Waals surface area contributed by atoms with Crippen molar-refractivity contribution < 1.29 is 9.59 Å². The molecule has 1 rings (SSSR count). The lowest BCUT2D eigenvalue weighted by Crippen LogP contribution is -2.51. The Labute approximate surface area is 77.2 Å². The molecule has 0 aliphatic carbocycles. The number of carbonyl (C=O) groups excluding carboxylic acids is 2. The second-order valence-electron chi connectivity index (χ2n) is 3.17. The van der Waals surface area contributed by atoms with Crippen LogP contribution in [-0.4, -0.2) is 24.4 Å². The van der Waals surface area contributed by atoms with Crippen molar-refractivity contribution in [1.29, 1.82) is 0 Å². The minimum absolute atomic E-state index is 0.152. The Balaban J connectivity index is 2.25. The first-order valence-corrected chi connectivity index (χ1v) is 4.50. The van der Waals surface area contributed by atoms with Crippen LogP contribution in [0.2, 0.25) is 0 Å². The minimum Gasteiger partial charge on any atom is -0.306 e. The molecule has 3 N–H and O–H groups in total. The van der Waals surface area contributed by atoms with Crippen LogP contribution in [0.3, 0.4) is 0 Å². The molecule has 1 aliphatic heterocycles. The van der Waals surface area contributed by atoms with Crippen LogP contribution in [0.4, 0.5) is 0 Å². The van der Waals surface area contributed by atoms with Crippen LogP contribution >= 0.6 is 0 Å². The highest BCUT2D eigenvalue weighted by molar-refractivity contribution is 5.84. The quantitative estimate of drug-likeness (QED) is 0.473. The fourth-order valence-corrected chi connectivity index (χ4v) is 1.31. The molecule has 2 amide bonds. The van der Waals surface area contributed by atoms with Gasteiger partial charge >= 0.3 is 0 Å². The summed E-state index contributed by atoms with van der Waals surface area (Å²) in [7, 11) is 0. The van der Waals surface area contributed by atoms with Crippen molar-refractivity contribution in [3.05, 3.63) is 0 Å². The van der Waals surface area contributed by atoms with E-state index in [1.165, 1.54) is 6.92 Å². The molecule has 1 aliphatic rings. The number of piperidine rings is 1. The molecule has 0 saturated carbocycles. The number of hydrogen-bond acceptors (Lipinski definition) is 3. The number of nitrogens with one attached hydrogen (secondary N) is 3. The topological polar surface area (TPSA) is 70.2 Å². The van der Waals surface area contributed by atoms with E-state index in [9.17, 15) is 9.59 Å². The van der Waals surface area contributed by atoms with Crippen molar-refractivity contribution in [2.75, 3.05) is 6.54 Å². The van der Waals surface area contributed by atoms with Crippen LogP contribution in [0.15, 0.2) is 0 Å². The Morgan fingerprint density at radius 3 is 2.62 bits per heavy atom. The van der Waals surface area contributed by atoms with E-state index < -0.39 is 0 Å². The van der Waals surface area contributed by atoms with Gasteiger partial charge in [0.15, 0.2) is 0 Å². The van der Waals surface area contributed by atoms with Gasteiger partial charge in [0.25, 0.3) is 5.91 Å². The highest BCUT2D eigenvalue weighted by Crippen LogP contribution is 2.06. The van der Waals surface area contributed by atoms with Crippen LogP contribution in [-0.2, 0) is 9.59 Å². The lowest BCUT2D eigenvalue weighted by Gasteiger charge is -2.22. The van der Waals surface area contributed by atoms with Gasteiger partial charge < -0.3 is 5.32 Å². The third-order valence-electron chi connectivity index (χ3n) is 1.99. The average molecular weight is 185 g/mol. The summed E-state index contributed by atoms with van der Waals surface area (Å²) in [4.78, 5) is 21.8. The van der Waals surface area contributed by atoms with Gasteiger partial charge in [0.1, 0.15) is 0 Å². The molecule has 5 nitrogen and oxygen atoms in total. The summed E-state index contributed by atoms with van der Waals surface area (Å²) in [5.41, 5.74) is 4.61. The SMILES string of the molecule is CC(=O)NNC(=O)[C@@H]1CCCCN1. The van der Waals surface area contributed by atoms with Crippen LogP contribution < -0.4 is 16.2 Å². The van der Waals surface area contributed by atoms with Crippen molar-refractivity contribution >= 4 is 11.8 Å². The lowest BCUT2D eigenvalue weighted by atomic mass is 10.0. The molecule has 0 unspecified atom stereocenters. The fraction of sp³-hybridized carbons (Fsp3) is 0.750. The van der Waals surface area contributed by atoms with Gasteiger partial charge in [-0.25, -0.2) is 0 Å². The average Bonchev–Trinajstić information content (AvgIpc) is 2.15. The van der Waals surface area contributed by atoms with E-state index in [0.29, 0.717) is 0 Å². The number of rotatable bonds is 1. The highest BCUT2D eigenvalue weighted by atomic mass is 16.2. The van der Waals surface area contributed by atoms with E-state index >= 15 is 0 Å². The maximum absolute atomic E-state index is 11.3. The van der Waals surface area contributed by atoms with Gasteiger partial charge in [-0.15, -0.1) is 0 Å². The second-order valence-corrected chi connectivity index (χ2v) is 3.17. The van der Waals surface area contributed by atoms with Gasteiger partial charge in [-0.1, -0.05) is 6.42 Å². The maximum Gasteiger partial charge on any atom is 0.255 e. The molecule has 13 heavy (non-hydrogen) atoms. The first-order valence-electron chi connectivity index (χ1n) is 4.50. The van der Waals surface area contributed by atoms with E-state index in [4.69, 9.17) is 0 Å². The summed E-state index contributed by atoms with van der Waals surface area (Å²) in [6.07, 6.45) is 3.01. The first-order chi connectivity index (χ1) is 6.20. The Kier molecular flexibility index (Phi) is 3.70. The van der Waals surface area contributed by atoms with Crippen LogP contribution in [0.5, 0.6) is 0 Å². The molecule has 1 atom stereocenters. The summed E-state index contributed by atoms with van der Waals surface area (Å²) in [6.45, 7) is 2.23. The van der Waals surface area contributed by atoms with Crippen molar-refractivity contribution in [2.24, 2.45) is 0 Å². The molecule has 1 saturated heterocycles. The lowest BCUT2D eigenvalue weighted by molar-refractivity contribution is -0.129. The molecule has 0 aromatic heterocycles. The van der Waals surface area contributed by atoms with Crippen molar-refractivity contribution in [3.8, 4) is 0 Å². The van der Waals surface area contributed by atoms with Crippen molar-refractivity contribution in [1.82, 2.24) is 16.2 Å². The van der Waals surface area contributed by atoms with Crippen molar-refractivity contribution in [3.63, 3.8) is 0 Å². The summed E-state index contributed by atoms with van der Waals surface area (Å²) in [6, 6.07) is -0.152. The van der Waals surface area contributed by atoms with Gasteiger partial charge in [-0.3, -0.25) is 20.4 Å². The van der Waals surface area contributed by atoms with E-state index in [1.807, 2.05) is 0 Å². The second kappa shape index (κ2) is 4.81. The molecule has 0 spiro atoms. The standard InChI is InChI=1S/C8H15N3O2/c1-6(12)10-11-8(13)7-4-2-3-5-9-7/h7,9H,2-5H2,1H3,(H,10,12)(H,11,13)/t7-/m0/s1. The van der Waals surface area contributed by atoms with Crippen LogP contribution in [0, 0.1) is 0 Å². The third-order valence-corrected chi connectivity index (χ3v) is 1.99. The number of amides is 2. The van der Waals surface area contributed by atoms with Crippen molar-refractivity contribution in [2.45, 2.75) is 32.2 Å².